The molecule has 0 heterocycles. The second-order valence-electron chi connectivity index (χ2n) is 25.2. The van der Waals surface area contributed by atoms with Crippen molar-refractivity contribution in [3.63, 3.8) is 0 Å². The van der Waals surface area contributed by atoms with E-state index in [4.69, 9.17) is 181 Å². The SMILES string of the molecule is CCN(CC)CC.COCCOCCOCCOCCOCCOCCOCCOCCOCCOCCOCCOCCOCCOCCOCCOCCOCCO.COCCOCCOCCOCCOCCOCCOCCOCCOCCOCCOCCOCCOCCOCCOCCOCCOCCOC(=O)Oc1ccc([N+](=O)[O-])cc1.CPP=N. The van der Waals surface area contributed by atoms with E-state index in [-0.39, 0.29) is 31.3 Å². The Morgan fingerprint density at radius 3 is 0.543 bits per heavy atom. The van der Waals surface area contributed by atoms with Crippen LogP contribution in [0.4, 0.5) is 10.5 Å². The number of nitrogens with one attached hydrogen (secondary N) is 1. The number of nitro benzene ring substituents is 1. The molecule has 0 radical (unpaired) electrons. The van der Waals surface area contributed by atoms with Gasteiger partial charge in [-0.25, -0.2) is 4.79 Å². The molecule has 0 saturated heterocycles. The van der Waals surface area contributed by atoms with Crippen LogP contribution in [0, 0.1) is 15.3 Å². The third-order valence-electron chi connectivity index (χ3n) is 15.4. The standard InChI is InChI=1S/C42H75NO22.C35H72O18.C6H15N.CH5NP2/c1-47-6-7-48-8-9-49-10-11-50-12-13-51-14-15-52-16-17-53-18-19-54-20-21-55-22-23-56-24-25-57-26-27-58-28-29-59-30-31-60-32-33-61-34-35-62-36-37-63-38-39-64-42(44)65-41-4-2-40(3-5-41)43(45)46;1-37-4-5-39-8-9-41-12-13-43-16-17-45-20-21-47-24-25-49-28-29-51-32-33-53-35-34-52-31-30-50-27-26-48-23-22-46-19-18-44-15-14-42-11-10-40-7-6-38-3-2-36;1-4-7(5-2)6-3;1-3-4-2/h2-5H,6-39H2,1H3;36H,2-35H2,1H3;4-6H2,1-3H3;2-3H,1H3. The Bertz CT molecular complexity index is 2170. The largest absolute Gasteiger partial charge is 0.513 e. The zero-order chi connectivity index (χ0) is 93.8. The highest BCUT2D eigenvalue weighted by molar-refractivity contribution is 8.06. The number of carbonyl (C=O) groups is 1. The number of methoxy groups -OCH3 is 2. The summed E-state index contributed by atoms with van der Waals surface area (Å²) in [5.41, 5.74) is -0.109. The Morgan fingerprint density at radius 2 is 0.426 bits per heavy atom. The number of aliphatic hydroxyl groups excluding tert-OH is 1. The molecule has 1 aromatic carbocycles. The van der Waals surface area contributed by atoms with Crippen molar-refractivity contribution in [1.29, 1.82) is 5.16 Å². The molecule has 0 aromatic heterocycles. The van der Waals surface area contributed by atoms with Gasteiger partial charge in [0, 0.05) is 34.4 Å². The summed E-state index contributed by atoms with van der Waals surface area (Å²) in [6.07, 6.45) is -0.931. The number of non-ortho nitro benzene ring substituents is 1. The van der Waals surface area contributed by atoms with Crippen LogP contribution in [0.2, 0.25) is 0 Å². The zero-order valence-electron chi connectivity index (χ0n) is 78.7. The highest BCUT2D eigenvalue weighted by Crippen LogP contribution is 2.20. The summed E-state index contributed by atoms with van der Waals surface area (Å²) in [6, 6.07) is 5.07. The number of benzene rings is 1. The van der Waals surface area contributed by atoms with E-state index in [1.54, 1.807) is 14.2 Å². The lowest BCUT2D eigenvalue weighted by Gasteiger charge is -2.13. The summed E-state index contributed by atoms with van der Waals surface area (Å²) in [6.45, 7) is 44.2. The Kier molecular flexibility index (Phi) is 124. The summed E-state index contributed by atoms with van der Waals surface area (Å²) in [7, 11) is 4.84. The first-order chi connectivity index (χ1) is 63.8. The van der Waals surface area contributed by atoms with Crippen molar-refractivity contribution in [1.82, 2.24) is 4.90 Å². The third kappa shape index (κ3) is 121. The molecule has 0 saturated carbocycles. The highest BCUT2D eigenvalue weighted by Gasteiger charge is 2.11. The van der Waals surface area contributed by atoms with Crippen LogP contribution in [0.5, 0.6) is 5.75 Å². The van der Waals surface area contributed by atoms with Gasteiger partial charge in [0.25, 0.3) is 5.69 Å². The van der Waals surface area contributed by atoms with Crippen molar-refractivity contribution in [3.05, 3.63) is 34.4 Å². The maximum Gasteiger partial charge on any atom is 0.513 e. The van der Waals surface area contributed by atoms with Gasteiger partial charge in [-0.3, -0.25) is 15.3 Å². The van der Waals surface area contributed by atoms with Crippen molar-refractivity contribution in [2.45, 2.75) is 20.8 Å². The van der Waals surface area contributed by atoms with E-state index in [9.17, 15) is 14.9 Å². The average molecular weight is 1920 g/mol. The smallest absolute Gasteiger partial charge is 0.432 e. The van der Waals surface area contributed by atoms with Gasteiger partial charge in [-0.1, -0.05) is 29.0 Å². The lowest BCUT2D eigenvalue weighted by molar-refractivity contribution is -0.384. The number of nitrogens with zero attached hydrogens (tertiary/aromatic N) is 2. The molecular weight excluding hydrogens is 1750 g/mol. The summed E-state index contributed by atoms with van der Waals surface area (Å²) in [4.78, 5) is 24.1. The van der Waals surface area contributed by atoms with Crippen molar-refractivity contribution >= 4 is 28.2 Å². The first kappa shape index (κ1) is 130. The minimum atomic E-state index is -0.931. The minimum Gasteiger partial charge on any atom is -0.432 e. The number of aliphatic hydroxyl groups is 1. The minimum absolute atomic E-state index is 0.0139. The van der Waals surface area contributed by atoms with E-state index in [2.05, 4.69) is 25.7 Å². The monoisotopic (exact) mass is 1920 g/mol. The van der Waals surface area contributed by atoms with Crippen molar-refractivity contribution in [2.75, 3.05) is 490 Å². The predicted molar refractivity (Wildman–Crippen MR) is 479 cm³/mol. The van der Waals surface area contributed by atoms with Gasteiger partial charge >= 0.3 is 6.16 Å². The van der Waals surface area contributed by atoms with E-state index in [0.29, 0.717) is 429 Å². The number of ether oxygens (including phenoxy) is 36. The summed E-state index contributed by atoms with van der Waals surface area (Å²) < 4.78 is 194. The van der Waals surface area contributed by atoms with Gasteiger partial charge in [-0.2, -0.15) is 0 Å². The molecule has 43 nitrogen and oxygen atoms in total. The molecule has 0 aliphatic carbocycles. The van der Waals surface area contributed by atoms with Crippen molar-refractivity contribution in [3.8, 4) is 5.75 Å². The topological polar surface area (TPSA) is 440 Å². The number of rotatable bonds is 107. The van der Waals surface area contributed by atoms with Crippen LogP contribution in [0.15, 0.2) is 24.3 Å². The number of nitro groups is 1. The summed E-state index contributed by atoms with van der Waals surface area (Å²) in [5, 5.41) is 25.7. The van der Waals surface area contributed by atoms with E-state index >= 15 is 0 Å². The Morgan fingerprint density at radius 1 is 0.287 bits per heavy atom. The maximum absolute atomic E-state index is 11.6. The van der Waals surface area contributed by atoms with Gasteiger partial charge in [-0.05, 0) is 38.4 Å². The van der Waals surface area contributed by atoms with Gasteiger partial charge in [0.1, 0.15) is 12.4 Å². The quantitative estimate of drug-likeness (QED) is 0.0212. The fraction of sp³-hybridized carbons (Fsp3) is 0.917. The molecule has 0 aliphatic rings. The fourth-order valence-corrected chi connectivity index (χ4v) is 8.77. The van der Waals surface area contributed by atoms with E-state index < -0.39 is 11.1 Å². The molecule has 0 amide bonds. The van der Waals surface area contributed by atoms with Crippen LogP contribution in [0.1, 0.15) is 20.8 Å². The average Bonchev–Trinajstić information content (AvgIpc) is 0.890. The van der Waals surface area contributed by atoms with Gasteiger partial charge in [0.05, 0.1) is 448 Å². The first-order valence-electron chi connectivity index (χ1n) is 44.7. The van der Waals surface area contributed by atoms with Crippen LogP contribution in [-0.4, -0.2) is 511 Å². The molecule has 1 aromatic rings. The molecule has 0 spiro atoms. The van der Waals surface area contributed by atoms with Crippen molar-refractivity contribution in [2.24, 2.45) is 0 Å². The normalized spacial score (nSPS) is 11.4. The zero-order valence-corrected chi connectivity index (χ0v) is 80.6. The van der Waals surface area contributed by atoms with Crippen LogP contribution in [0.3, 0.4) is 0 Å². The number of hydrogen-bond acceptors (Lipinski definition) is 42. The number of hydrogen-bond donors (Lipinski definition) is 2. The molecule has 768 valence electrons. The number of carbonyl (C=O) groups excluding carboxylic acids is 1. The predicted octanol–water partition coefficient (Wildman–Crippen LogP) is 5.18. The van der Waals surface area contributed by atoms with Crippen LogP contribution in [-0.2, 0) is 166 Å². The lowest BCUT2D eigenvalue weighted by Crippen LogP contribution is -2.21. The fourth-order valence-electron chi connectivity index (χ4n) is 8.77. The molecule has 1 atom stereocenters. The Balaban J connectivity index is -0.00000223. The van der Waals surface area contributed by atoms with Crippen LogP contribution >= 0.6 is 16.3 Å². The second-order valence-corrected chi connectivity index (χ2v) is 27.9. The van der Waals surface area contributed by atoms with Crippen LogP contribution in [0.25, 0.3) is 0 Å². The second kappa shape index (κ2) is 123. The highest BCUT2D eigenvalue weighted by atomic mass is 32.0. The van der Waals surface area contributed by atoms with Gasteiger partial charge in [0.15, 0.2) is 0 Å². The molecule has 0 bridgehead atoms. The molecule has 1 unspecified atom stereocenters. The van der Waals surface area contributed by atoms with Gasteiger partial charge in [0.2, 0.25) is 0 Å². The Labute approximate surface area is 771 Å². The molecule has 1 rings (SSSR count). The van der Waals surface area contributed by atoms with Gasteiger partial charge < -0.3 is 181 Å². The van der Waals surface area contributed by atoms with E-state index in [1.165, 1.54) is 43.9 Å². The first-order valence-corrected chi connectivity index (χ1v) is 48.0. The Hall–Kier alpha value is -3.02. The summed E-state index contributed by atoms with van der Waals surface area (Å²) in [5.74, 6) is 0.137. The van der Waals surface area contributed by atoms with E-state index in [0.717, 1.165) is 16.3 Å². The summed E-state index contributed by atoms with van der Waals surface area (Å²) >= 11 is 0. The van der Waals surface area contributed by atoms with Crippen molar-refractivity contribution < 1.29 is 185 Å². The third-order valence-corrected chi connectivity index (χ3v) is 16.3. The lowest BCUT2D eigenvalue weighted by atomic mass is 10.3. The maximum atomic E-state index is 11.6. The molecule has 2 N–H and O–H groups in total. The molecule has 0 aliphatic heterocycles. The molecule has 129 heavy (non-hydrogen) atoms. The molecular formula is C84H167N3O40P2. The van der Waals surface area contributed by atoms with E-state index in [1.807, 2.05) is 6.66 Å². The molecule has 0 fully saturated rings. The van der Waals surface area contributed by atoms with Crippen LogP contribution < -0.4 is 4.74 Å². The molecule has 45 heteroatoms. The van der Waals surface area contributed by atoms with Gasteiger partial charge in [-0.15, -0.1) is 0 Å².